The molecule has 20 heavy (non-hydrogen) atoms. The summed E-state index contributed by atoms with van der Waals surface area (Å²) in [5.74, 6) is 0.552. The fraction of sp³-hybridized carbons (Fsp3) is 0.938. The molecule has 0 saturated carbocycles. The van der Waals surface area contributed by atoms with E-state index in [0.29, 0.717) is 0 Å². The van der Waals surface area contributed by atoms with Crippen molar-refractivity contribution in [3.8, 4) is 0 Å². The van der Waals surface area contributed by atoms with Gasteiger partial charge < -0.3 is 9.64 Å². The first-order chi connectivity index (χ1) is 9.25. The van der Waals surface area contributed by atoms with Gasteiger partial charge in [-0.05, 0) is 53.1 Å². The summed E-state index contributed by atoms with van der Waals surface area (Å²) in [7, 11) is 3.61. The SMILES string of the molecule is CCC(C)CN(C)CCCC(C)(NC(C)C)C(=O)OC. The maximum Gasteiger partial charge on any atom is 0.325 e. The Morgan fingerprint density at radius 2 is 1.95 bits per heavy atom. The fourth-order valence-corrected chi connectivity index (χ4v) is 2.55. The quantitative estimate of drug-likeness (QED) is 0.627. The minimum atomic E-state index is -0.583. The zero-order chi connectivity index (χ0) is 15.8. The summed E-state index contributed by atoms with van der Waals surface area (Å²) in [6.07, 6.45) is 2.99. The van der Waals surface area contributed by atoms with E-state index in [1.165, 1.54) is 13.5 Å². The van der Waals surface area contributed by atoms with Gasteiger partial charge >= 0.3 is 5.97 Å². The fourth-order valence-electron chi connectivity index (χ4n) is 2.55. The molecular formula is C16H34N2O2. The largest absolute Gasteiger partial charge is 0.468 e. The van der Waals surface area contributed by atoms with Gasteiger partial charge in [-0.3, -0.25) is 10.1 Å². The van der Waals surface area contributed by atoms with Crippen molar-refractivity contribution in [2.75, 3.05) is 27.2 Å². The summed E-state index contributed by atoms with van der Waals surface area (Å²) in [6.45, 7) is 12.7. The highest BCUT2D eigenvalue weighted by Crippen LogP contribution is 2.16. The minimum Gasteiger partial charge on any atom is -0.468 e. The Hall–Kier alpha value is -0.610. The molecule has 4 heteroatoms. The van der Waals surface area contributed by atoms with E-state index in [4.69, 9.17) is 4.74 Å². The Morgan fingerprint density at radius 3 is 2.40 bits per heavy atom. The number of hydrogen-bond acceptors (Lipinski definition) is 4. The first-order valence-electron chi connectivity index (χ1n) is 7.79. The molecule has 1 N–H and O–H groups in total. The van der Waals surface area contributed by atoms with Crippen LogP contribution in [0.1, 0.15) is 53.9 Å². The molecule has 0 rings (SSSR count). The van der Waals surface area contributed by atoms with Crippen LogP contribution in [-0.2, 0) is 9.53 Å². The summed E-state index contributed by atoms with van der Waals surface area (Å²) < 4.78 is 4.94. The predicted molar refractivity (Wildman–Crippen MR) is 84.9 cm³/mol. The molecule has 0 saturated heterocycles. The predicted octanol–water partition coefficient (Wildman–Crippen LogP) is 2.67. The molecular weight excluding hydrogens is 252 g/mol. The van der Waals surface area contributed by atoms with E-state index in [1.54, 1.807) is 0 Å². The molecule has 0 aliphatic rings. The second-order valence-electron chi connectivity index (χ2n) is 6.50. The van der Waals surface area contributed by atoms with Crippen molar-refractivity contribution < 1.29 is 9.53 Å². The van der Waals surface area contributed by atoms with Crippen LogP contribution in [0, 0.1) is 5.92 Å². The highest BCUT2D eigenvalue weighted by atomic mass is 16.5. The van der Waals surface area contributed by atoms with E-state index in [1.807, 2.05) is 6.92 Å². The maximum absolute atomic E-state index is 12.0. The third kappa shape index (κ3) is 7.25. The Bertz CT molecular complexity index is 282. The lowest BCUT2D eigenvalue weighted by molar-refractivity contribution is -0.148. The lowest BCUT2D eigenvalue weighted by atomic mass is 9.94. The van der Waals surface area contributed by atoms with E-state index >= 15 is 0 Å². The molecule has 0 aromatic carbocycles. The summed E-state index contributed by atoms with van der Waals surface area (Å²) in [5.41, 5.74) is -0.583. The third-order valence-electron chi connectivity index (χ3n) is 3.78. The van der Waals surface area contributed by atoms with Crippen molar-refractivity contribution in [2.24, 2.45) is 5.92 Å². The number of carbonyl (C=O) groups excluding carboxylic acids is 1. The first kappa shape index (κ1) is 19.4. The molecule has 0 amide bonds. The van der Waals surface area contributed by atoms with Crippen molar-refractivity contribution in [3.63, 3.8) is 0 Å². The van der Waals surface area contributed by atoms with E-state index in [-0.39, 0.29) is 12.0 Å². The molecule has 4 nitrogen and oxygen atoms in total. The van der Waals surface area contributed by atoms with Gasteiger partial charge in [0.1, 0.15) is 5.54 Å². The van der Waals surface area contributed by atoms with Gasteiger partial charge in [-0.2, -0.15) is 0 Å². The first-order valence-corrected chi connectivity index (χ1v) is 7.79. The van der Waals surface area contributed by atoms with Crippen LogP contribution in [0.15, 0.2) is 0 Å². The summed E-state index contributed by atoms with van der Waals surface area (Å²) in [6, 6.07) is 0.261. The molecule has 0 fully saturated rings. The number of rotatable bonds is 10. The van der Waals surface area contributed by atoms with Gasteiger partial charge in [0.05, 0.1) is 7.11 Å². The highest BCUT2D eigenvalue weighted by Gasteiger charge is 2.34. The van der Waals surface area contributed by atoms with Crippen LogP contribution in [-0.4, -0.2) is 49.7 Å². The number of carbonyl (C=O) groups is 1. The number of hydrogen-bond donors (Lipinski definition) is 1. The van der Waals surface area contributed by atoms with Crippen molar-refractivity contribution in [3.05, 3.63) is 0 Å². The van der Waals surface area contributed by atoms with E-state index in [9.17, 15) is 4.79 Å². The Kier molecular flexibility index (Phi) is 9.06. The molecule has 2 atom stereocenters. The van der Waals surface area contributed by atoms with Crippen LogP contribution in [0.4, 0.5) is 0 Å². The van der Waals surface area contributed by atoms with Crippen molar-refractivity contribution in [1.29, 1.82) is 0 Å². The van der Waals surface area contributed by atoms with Gasteiger partial charge in [0, 0.05) is 12.6 Å². The van der Waals surface area contributed by atoms with E-state index < -0.39 is 5.54 Å². The molecule has 0 heterocycles. The van der Waals surface area contributed by atoms with Gasteiger partial charge in [-0.15, -0.1) is 0 Å². The molecule has 0 bridgehead atoms. The van der Waals surface area contributed by atoms with Gasteiger partial charge in [0.25, 0.3) is 0 Å². The zero-order valence-electron chi connectivity index (χ0n) is 14.5. The summed E-state index contributed by atoms with van der Waals surface area (Å²) >= 11 is 0. The monoisotopic (exact) mass is 286 g/mol. The van der Waals surface area contributed by atoms with Gasteiger partial charge in [0.2, 0.25) is 0 Å². The number of ether oxygens (including phenoxy) is 1. The molecule has 0 spiro atoms. The van der Waals surface area contributed by atoms with E-state index in [0.717, 1.165) is 31.8 Å². The number of nitrogens with one attached hydrogen (secondary N) is 1. The smallest absolute Gasteiger partial charge is 0.325 e. The van der Waals surface area contributed by atoms with Crippen molar-refractivity contribution >= 4 is 5.97 Å². The third-order valence-corrected chi connectivity index (χ3v) is 3.78. The van der Waals surface area contributed by atoms with Crippen LogP contribution < -0.4 is 5.32 Å². The number of esters is 1. The zero-order valence-corrected chi connectivity index (χ0v) is 14.5. The normalized spacial score (nSPS) is 16.2. The second kappa shape index (κ2) is 9.35. The molecule has 0 aliphatic carbocycles. The molecule has 0 aromatic heterocycles. The van der Waals surface area contributed by atoms with Crippen LogP contribution >= 0.6 is 0 Å². The minimum absolute atomic E-state index is 0.171. The average molecular weight is 286 g/mol. The highest BCUT2D eigenvalue weighted by molar-refractivity contribution is 5.80. The Morgan fingerprint density at radius 1 is 1.35 bits per heavy atom. The molecule has 0 radical (unpaired) electrons. The van der Waals surface area contributed by atoms with Crippen LogP contribution in [0.3, 0.4) is 0 Å². The lowest BCUT2D eigenvalue weighted by Gasteiger charge is -2.31. The molecule has 0 aromatic rings. The van der Waals surface area contributed by atoms with Crippen molar-refractivity contribution in [2.45, 2.75) is 65.5 Å². The van der Waals surface area contributed by atoms with Crippen LogP contribution in [0.5, 0.6) is 0 Å². The Balaban J connectivity index is 4.30. The Labute approximate surface area is 125 Å². The van der Waals surface area contributed by atoms with Gasteiger partial charge in [-0.25, -0.2) is 0 Å². The summed E-state index contributed by atoms with van der Waals surface area (Å²) in [4.78, 5) is 14.3. The van der Waals surface area contributed by atoms with Crippen LogP contribution in [0.25, 0.3) is 0 Å². The number of methoxy groups -OCH3 is 1. The maximum atomic E-state index is 12.0. The topological polar surface area (TPSA) is 41.6 Å². The van der Waals surface area contributed by atoms with Crippen molar-refractivity contribution in [1.82, 2.24) is 10.2 Å². The molecule has 2 unspecified atom stereocenters. The number of nitrogens with zero attached hydrogens (tertiary/aromatic N) is 1. The lowest BCUT2D eigenvalue weighted by Crippen LogP contribution is -2.53. The molecule has 0 aliphatic heterocycles. The standard InChI is InChI=1S/C16H34N2O2/c1-8-14(4)12-18(6)11-9-10-16(5,15(19)20-7)17-13(2)3/h13-14,17H,8-12H2,1-7H3. The van der Waals surface area contributed by atoms with Crippen LogP contribution in [0.2, 0.25) is 0 Å². The average Bonchev–Trinajstić information content (AvgIpc) is 2.36. The van der Waals surface area contributed by atoms with E-state index in [2.05, 4.69) is 45.0 Å². The summed E-state index contributed by atoms with van der Waals surface area (Å²) in [5, 5.41) is 3.34. The van der Waals surface area contributed by atoms with Gasteiger partial charge in [-0.1, -0.05) is 20.3 Å². The van der Waals surface area contributed by atoms with Gasteiger partial charge in [0.15, 0.2) is 0 Å². The molecule has 120 valence electrons. The second-order valence-corrected chi connectivity index (χ2v) is 6.50.